The molecule has 39 heavy (non-hydrogen) atoms. The van der Waals surface area contributed by atoms with E-state index in [1.807, 2.05) is 30.3 Å². The second-order valence-electron chi connectivity index (χ2n) is 11.7. The van der Waals surface area contributed by atoms with Gasteiger partial charge in [-0.1, -0.05) is 61.7 Å². The first-order valence-corrected chi connectivity index (χ1v) is 14.1. The van der Waals surface area contributed by atoms with Crippen molar-refractivity contribution < 1.29 is 24.2 Å². The smallest absolute Gasteiger partial charge is 0.408 e. The van der Waals surface area contributed by atoms with E-state index in [9.17, 15) is 19.5 Å². The molecule has 0 heterocycles. The lowest BCUT2D eigenvalue weighted by molar-refractivity contribution is -0.143. The first-order valence-electron chi connectivity index (χ1n) is 14.1. The summed E-state index contributed by atoms with van der Waals surface area (Å²) in [4.78, 5) is 42.7. The highest BCUT2D eigenvalue weighted by atomic mass is 16.6. The number of phenolic OH excluding ortho intramolecular Hbond substituents is 1. The Labute approximate surface area is 231 Å². The van der Waals surface area contributed by atoms with Gasteiger partial charge in [0.2, 0.25) is 11.8 Å². The summed E-state index contributed by atoms with van der Waals surface area (Å²) in [5.41, 5.74) is 0.770. The van der Waals surface area contributed by atoms with Gasteiger partial charge >= 0.3 is 6.09 Å². The van der Waals surface area contributed by atoms with Crippen LogP contribution in [0.15, 0.2) is 54.6 Å². The minimum Gasteiger partial charge on any atom is -0.508 e. The largest absolute Gasteiger partial charge is 0.508 e. The van der Waals surface area contributed by atoms with Gasteiger partial charge in [-0.25, -0.2) is 4.79 Å². The number of alkyl carbamates (subject to hydrolysis) is 1. The van der Waals surface area contributed by atoms with Crippen molar-refractivity contribution in [3.63, 3.8) is 0 Å². The third kappa shape index (κ3) is 8.22. The van der Waals surface area contributed by atoms with Gasteiger partial charge in [-0.15, -0.1) is 0 Å². The third-order valence-corrected chi connectivity index (χ3v) is 7.15. The number of carbonyl (C=O) groups is 3. The molecular weight excluding hydrogens is 494 g/mol. The van der Waals surface area contributed by atoms with Crippen LogP contribution in [0.2, 0.25) is 0 Å². The van der Waals surface area contributed by atoms with Crippen molar-refractivity contribution in [3.05, 3.63) is 65.7 Å². The summed E-state index contributed by atoms with van der Waals surface area (Å²) >= 11 is 0. The van der Waals surface area contributed by atoms with E-state index in [4.69, 9.17) is 4.74 Å². The summed E-state index contributed by atoms with van der Waals surface area (Å²) < 4.78 is 5.48. The summed E-state index contributed by atoms with van der Waals surface area (Å²) in [5, 5.41) is 15.7. The van der Waals surface area contributed by atoms with Gasteiger partial charge in [0.1, 0.15) is 23.4 Å². The molecule has 2 saturated carbocycles. The van der Waals surface area contributed by atoms with E-state index >= 15 is 0 Å². The normalized spacial score (nSPS) is 17.5. The number of rotatable bonds is 9. The highest BCUT2D eigenvalue weighted by Crippen LogP contribution is 2.36. The van der Waals surface area contributed by atoms with Gasteiger partial charge in [-0.05, 0) is 69.7 Å². The predicted octanol–water partition coefficient (Wildman–Crippen LogP) is 5.01. The molecule has 2 fully saturated rings. The number of carbonyl (C=O) groups excluding carboxylic acids is 3. The lowest BCUT2D eigenvalue weighted by atomic mass is 9.94. The number of nitrogens with zero attached hydrogens (tertiary/aromatic N) is 1. The molecule has 0 bridgehead atoms. The van der Waals surface area contributed by atoms with Crippen molar-refractivity contribution in [2.45, 2.75) is 102 Å². The number of nitrogens with one attached hydrogen (secondary N) is 2. The average Bonchev–Trinajstić information content (AvgIpc) is 3.73. The van der Waals surface area contributed by atoms with Crippen LogP contribution in [-0.2, 0) is 20.7 Å². The molecule has 3 amide bonds. The molecule has 2 aliphatic rings. The van der Waals surface area contributed by atoms with Gasteiger partial charge in [-0.3, -0.25) is 9.59 Å². The lowest BCUT2D eigenvalue weighted by Crippen LogP contribution is -2.55. The van der Waals surface area contributed by atoms with Gasteiger partial charge in [0.15, 0.2) is 0 Å². The van der Waals surface area contributed by atoms with Crippen molar-refractivity contribution in [1.29, 1.82) is 0 Å². The number of ether oxygens (including phenoxy) is 1. The van der Waals surface area contributed by atoms with E-state index in [0.717, 1.165) is 49.7 Å². The number of amides is 3. The molecule has 2 aliphatic carbocycles. The van der Waals surface area contributed by atoms with Crippen LogP contribution in [0, 0.1) is 0 Å². The number of hydrogen-bond acceptors (Lipinski definition) is 5. The average molecular weight is 536 g/mol. The van der Waals surface area contributed by atoms with Crippen molar-refractivity contribution >= 4 is 17.9 Å². The van der Waals surface area contributed by atoms with Crippen molar-refractivity contribution in [2.75, 3.05) is 0 Å². The summed E-state index contributed by atoms with van der Waals surface area (Å²) in [6, 6.07) is 14.2. The van der Waals surface area contributed by atoms with Crippen LogP contribution >= 0.6 is 0 Å². The fraction of sp³-hybridized carbons (Fsp3) is 0.516. The SMILES string of the molecule is CC(C)(C)OC(=O)NC(Cc1ccc(O)cc1)C(=O)N(C1CC1)C(C(=O)NC1CCCCC1)c1ccccc1. The number of hydrogen-bond donors (Lipinski definition) is 3. The predicted molar refractivity (Wildman–Crippen MR) is 149 cm³/mol. The highest BCUT2D eigenvalue weighted by molar-refractivity contribution is 5.93. The van der Waals surface area contributed by atoms with Crippen LogP contribution in [-0.4, -0.2) is 51.6 Å². The van der Waals surface area contributed by atoms with Crippen molar-refractivity contribution in [1.82, 2.24) is 15.5 Å². The molecular formula is C31H41N3O5. The van der Waals surface area contributed by atoms with Crippen LogP contribution in [0.25, 0.3) is 0 Å². The molecule has 210 valence electrons. The van der Waals surface area contributed by atoms with Gasteiger partial charge in [0.05, 0.1) is 0 Å². The molecule has 8 nitrogen and oxygen atoms in total. The summed E-state index contributed by atoms with van der Waals surface area (Å²) in [7, 11) is 0. The Morgan fingerprint density at radius 1 is 0.949 bits per heavy atom. The molecule has 3 N–H and O–H groups in total. The maximum atomic E-state index is 14.3. The lowest BCUT2D eigenvalue weighted by Gasteiger charge is -2.36. The minimum absolute atomic E-state index is 0.0948. The van der Waals surface area contributed by atoms with E-state index in [1.165, 1.54) is 6.42 Å². The Kier molecular flexibility index (Phi) is 9.15. The van der Waals surface area contributed by atoms with Crippen molar-refractivity contribution in [3.8, 4) is 5.75 Å². The molecule has 0 aromatic heterocycles. The Balaban J connectivity index is 1.65. The molecule has 2 unspecified atom stereocenters. The summed E-state index contributed by atoms with van der Waals surface area (Å²) in [6.07, 6.45) is 6.31. The van der Waals surface area contributed by atoms with Crippen LogP contribution in [0.3, 0.4) is 0 Å². The molecule has 2 atom stereocenters. The zero-order valence-electron chi connectivity index (χ0n) is 23.2. The summed E-state index contributed by atoms with van der Waals surface area (Å²) in [6.45, 7) is 5.29. The molecule has 0 saturated heterocycles. The molecule has 4 rings (SSSR count). The molecule has 0 aliphatic heterocycles. The second kappa shape index (κ2) is 12.5. The standard InChI is InChI=1S/C31H41N3O5/c1-31(2,3)39-30(38)33-26(20-21-14-18-25(35)19-15-21)29(37)34(24-16-17-24)27(22-10-6-4-7-11-22)28(36)32-23-12-8-5-9-13-23/h4,6-7,10-11,14-15,18-19,23-24,26-27,35H,5,8-9,12-13,16-17,20H2,1-3H3,(H,32,36)(H,33,38). The maximum absolute atomic E-state index is 14.3. The van der Waals surface area contributed by atoms with E-state index in [2.05, 4.69) is 10.6 Å². The third-order valence-electron chi connectivity index (χ3n) is 7.15. The van der Waals surface area contributed by atoms with Gasteiger partial charge in [0.25, 0.3) is 0 Å². The Bertz CT molecular complexity index is 1120. The highest BCUT2D eigenvalue weighted by Gasteiger charge is 2.44. The van der Waals surface area contributed by atoms with E-state index in [-0.39, 0.29) is 36.1 Å². The summed E-state index contributed by atoms with van der Waals surface area (Å²) in [5.74, 6) is -0.400. The first kappa shape index (κ1) is 28.5. The van der Waals surface area contributed by atoms with E-state index < -0.39 is 23.8 Å². The van der Waals surface area contributed by atoms with Crippen LogP contribution < -0.4 is 10.6 Å². The molecule has 2 aromatic rings. The van der Waals surface area contributed by atoms with Gasteiger partial charge < -0.3 is 25.4 Å². The maximum Gasteiger partial charge on any atom is 0.408 e. The number of benzene rings is 2. The topological polar surface area (TPSA) is 108 Å². The van der Waals surface area contributed by atoms with E-state index in [0.29, 0.717) is 0 Å². The van der Waals surface area contributed by atoms with Crippen molar-refractivity contribution in [2.24, 2.45) is 0 Å². The van der Waals surface area contributed by atoms with Crippen LogP contribution in [0.5, 0.6) is 5.75 Å². The minimum atomic E-state index is -0.960. The Morgan fingerprint density at radius 3 is 2.18 bits per heavy atom. The zero-order chi connectivity index (χ0) is 28.0. The second-order valence-corrected chi connectivity index (χ2v) is 11.7. The first-order chi connectivity index (χ1) is 18.6. The van der Waals surface area contributed by atoms with Gasteiger partial charge in [0, 0.05) is 18.5 Å². The molecule has 0 spiro atoms. The number of phenols is 1. The molecule has 2 aromatic carbocycles. The van der Waals surface area contributed by atoms with Crippen LogP contribution in [0.4, 0.5) is 4.79 Å². The fourth-order valence-corrected chi connectivity index (χ4v) is 5.17. The Morgan fingerprint density at radius 2 is 1.59 bits per heavy atom. The quantitative estimate of drug-likeness (QED) is 0.418. The fourth-order valence-electron chi connectivity index (χ4n) is 5.17. The van der Waals surface area contributed by atoms with Crippen LogP contribution in [0.1, 0.15) is 82.9 Å². The zero-order valence-corrected chi connectivity index (χ0v) is 23.2. The molecule has 0 radical (unpaired) electrons. The van der Waals surface area contributed by atoms with E-state index in [1.54, 1.807) is 49.9 Å². The van der Waals surface area contributed by atoms with Gasteiger partial charge in [-0.2, -0.15) is 0 Å². The molecule has 8 heteroatoms. The Hall–Kier alpha value is -3.55. The number of aromatic hydroxyl groups is 1. The monoisotopic (exact) mass is 535 g/mol.